The summed E-state index contributed by atoms with van der Waals surface area (Å²) in [5.41, 5.74) is 29.3. The van der Waals surface area contributed by atoms with Crippen LogP contribution in [0.25, 0.3) is 0 Å². The Balaban J connectivity index is 2.65. The Labute approximate surface area is 503 Å². The Bertz CT molecular complexity index is 2430. The first kappa shape index (κ1) is 75.3. The van der Waals surface area contributed by atoms with Crippen molar-refractivity contribution in [2.75, 3.05) is 45.9 Å². The molecule has 28 nitrogen and oxygen atoms in total. The number of benzene rings is 1. The van der Waals surface area contributed by atoms with Gasteiger partial charge in [0, 0.05) is 50.6 Å². The van der Waals surface area contributed by atoms with Gasteiger partial charge < -0.3 is 86.2 Å². The number of esters is 1. The number of ketones is 3. The third-order valence-electron chi connectivity index (χ3n) is 15.0. The van der Waals surface area contributed by atoms with Crippen molar-refractivity contribution in [2.24, 2.45) is 57.8 Å². The molecule has 0 aromatic heterocycles. The number of carbonyl (C=O) groups excluding carboxylic acids is 12. The minimum Gasteiger partial charge on any atom is -0.465 e. The van der Waals surface area contributed by atoms with Crippen molar-refractivity contribution in [1.82, 2.24) is 42.5 Å². The van der Waals surface area contributed by atoms with Gasteiger partial charge in [0.05, 0.1) is 48.1 Å². The van der Waals surface area contributed by atoms with Crippen LogP contribution in [-0.4, -0.2) is 181 Å². The molecule has 1 aliphatic heterocycles. The van der Waals surface area contributed by atoms with Gasteiger partial charge >= 0.3 is 5.97 Å². The van der Waals surface area contributed by atoms with Crippen LogP contribution in [0, 0.1) is 29.1 Å². The number of ether oxygens (including phenoxy) is 1. The minimum absolute atomic E-state index is 0.0635. The SMILES string of the molecule is CCC(C)(C)C(=O)OCCC(=O)N[C@@H](CN)C(=O)C[C@H](C(=O)N[C@@H](CCN)C(=O)C[C@H]1CCNC(=O)[C@H](C(C)O)NC(=O)[C@H](CCN)CC(=O)[C@H](CCN)NC(=O)[C@H](CC(C)C)NC(=O)[C@@H](Cc2ccccc2)NC(=O)[C@H](CCN)NC1=O)C(C)O. The van der Waals surface area contributed by atoms with Crippen LogP contribution in [-0.2, 0) is 68.7 Å². The summed E-state index contributed by atoms with van der Waals surface area (Å²) in [4.78, 5) is 166. The van der Waals surface area contributed by atoms with E-state index in [0.717, 1.165) is 0 Å². The summed E-state index contributed by atoms with van der Waals surface area (Å²) in [6, 6.07) is -1.22. The summed E-state index contributed by atoms with van der Waals surface area (Å²) in [5, 5.41) is 42.4. The molecule has 1 fully saturated rings. The summed E-state index contributed by atoms with van der Waals surface area (Å²) in [6.45, 7) is 9.59. The third kappa shape index (κ3) is 25.6. The highest BCUT2D eigenvalue weighted by atomic mass is 16.5. The first-order chi connectivity index (χ1) is 40.6. The van der Waals surface area contributed by atoms with E-state index in [1.807, 2.05) is 0 Å². The summed E-state index contributed by atoms with van der Waals surface area (Å²) < 4.78 is 5.21. The Morgan fingerprint density at radius 2 is 1.24 bits per heavy atom. The van der Waals surface area contributed by atoms with Gasteiger partial charge in [0.15, 0.2) is 17.3 Å². The molecule has 0 radical (unpaired) electrons. The Hall–Kier alpha value is -6.82. The van der Waals surface area contributed by atoms with Gasteiger partial charge in [0.25, 0.3) is 0 Å². The van der Waals surface area contributed by atoms with Crippen LogP contribution in [0.15, 0.2) is 30.3 Å². The van der Waals surface area contributed by atoms with E-state index in [0.29, 0.717) is 12.0 Å². The molecule has 20 N–H and O–H groups in total. The lowest BCUT2D eigenvalue weighted by Crippen LogP contribution is -2.59. The molecule has 2 unspecified atom stereocenters. The Morgan fingerprint density at radius 1 is 0.674 bits per heavy atom. The van der Waals surface area contributed by atoms with Gasteiger partial charge in [0.2, 0.25) is 47.3 Å². The van der Waals surface area contributed by atoms with Crippen molar-refractivity contribution in [2.45, 2.75) is 180 Å². The van der Waals surface area contributed by atoms with Crippen molar-refractivity contribution >= 4 is 70.6 Å². The maximum absolute atomic E-state index is 14.6. The zero-order valence-electron chi connectivity index (χ0n) is 50.9. The third-order valence-corrected chi connectivity index (χ3v) is 15.0. The smallest absolute Gasteiger partial charge is 0.311 e. The zero-order valence-corrected chi connectivity index (χ0v) is 50.9. The number of amides is 8. The van der Waals surface area contributed by atoms with Gasteiger partial charge in [0.1, 0.15) is 30.8 Å². The van der Waals surface area contributed by atoms with E-state index in [-0.39, 0.29) is 90.1 Å². The first-order valence-corrected chi connectivity index (χ1v) is 29.6. The van der Waals surface area contributed by atoms with E-state index in [1.54, 1.807) is 65.0 Å². The Kier molecular flexibility index (Phi) is 33.6. The van der Waals surface area contributed by atoms with Gasteiger partial charge in [-0.2, -0.15) is 0 Å². The summed E-state index contributed by atoms with van der Waals surface area (Å²) in [6.07, 6.45) is -5.67. The quantitative estimate of drug-likeness (QED) is 0.0345. The van der Waals surface area contributed by atoms with Crippen LogP contribution in [0.4, 0.5) is 0 Å². The summed E-state index contributed by atoms with van der Waals surface area (Å²) in [5.74, 6) is -13.8. The van der Waals surface area contributed by atoms with Crippen molar-refractivity contribution in [3.8, 4) is 0 Å². The van der Waals surface area contributed by atoms with Gasteiger partial charge in [-0.3, -0.25) is 57.5 Å². The molecule has 2 rings (SSSR count). The molecule has 1 saturated heterocycles. The van der Waals surface area contributed by atoms with Gasteiger partial charge in [-0.15, -0.1) is 0 Å². The number of hydrogen-bond acceptors (Lipinski definition) is 20. The standard InChI is InChI=1S/C58H97N13O15/c1-8-58(6,7)57(85)86-25-19-48(77)65-44(31-63)47(76)30-38(33(4)72)52(80)66-39(15-21-60)46(75)29-37-18-24-64-56(84)49(34(5)73)71-51(79)36(14-20-59)28-45(74)40(16-22-61)67-54(82)42(26-32(2)3)69-55(83)43(27-35-12-10-9-11-13-35)70-53(81)41(17-23-62)68-50(37)78/h9-13,32-34,36-44,49,72-73H,8,14-31,59-63H2,1-7H3,(H,64,84)(H,65,77)(H,66,80)(H,67,82)(H,68,78)(H,69,83)(H,70,81)(H,71,79)/t33?,34?,36-,37-,38+,39+,40+,41+,42+,43-,44+,49+/m1/s1. The van der Waals surface area contributed by atoms with E-state index >= 15 is 0 Å². The number of nitrogens with one attached hydrogen (secondary N) is 8. The Morgan fingerprint density at radius 3 is 1.81 bits per heavy atom. The molecule has 1 aromatic rings. The monoisotopic (exact) mass is 1220 g/mol. The van der Waals surface area contributed by atoms with Crippen molar-refractivity contribution in [3.63, 3.8) is 0 Å². The molecule has 0 saturated carbocycles. The second kappa shape index (κ2) is 38.4. The molecule has 86 heavy (non-hydrogen) atoms. The van der Waals surface area contributed by atoms with E-state index in [1.165, 1.54) is 13.8 Å². The van der Waals surface area contributed by atoms with E-state index in [4.69, 9.17) is 33.4 Å². The van der Waals surface area contributed by atoms with Crippen LogP contribution in [0.5, 0.6) is 0 Å². The fourth-order valence-electron chi connectivity index (χ4n) is 9.28. The highest BCUT2D eigenvalue weighted by Gasteiger charge is 2.38. The molecule has 1 heterocycles. The fraction of sp³-hybridized carbons (Fsp3) is 0.690. The van der Waals surface area contributed by atoms with Crippen molar-refractivity contribution in [1.29, 1.82) is 0 Å². The van der Waals surface area contributed by atoms with E-state index in [9.17, 15) is 67.7 Å². The highest BCUT2D eigenvalue weighted by Crippen LogP contribution is 2.22. The lowest BCUT2D eigenvalue weighted by atomic mass is 9.90. The zero-order chi connectivity index (χ0) is 64.8. The lowest BCUT2D eigenvalue weighted by molar-refractivity contribution is -0.154. The van der Waals surface area contributed by atoms with Crippen molar-refractivity contribution in [3.05, 3.63) is 35.9 Å². The molecule has 0 bridgehead atoms. The van der Waals surface area contributed by atoms with Crippen LogP contribution < -0.4 is 71.2 Å². The van der Waals surface area contributed by atoms with E-state index < -0.39 is 181 Å². The molecule has 0 aliphatic carbocycles. The molecule has 8 amide bonds. The molecule has 12 atom stereocenters. The van der Waals surface area contributed by atoms with Crippen LogP contribution >= 0.6 is 0 Å². The number of rotatable bonds is 29. The van der Waals surface area contributed by atoms with Gasteiger partial charge in [-0.25, -0.2) is 0 Å². The number of aliphatic hydroxyl groups is 2. The number of hydrogen-bond donors (Lipinski definition) is 15. The first-order valence-electron chi connectivity index (χ1n) is 29.6. The fourth-order valence-corrected chi connectivity index (χ4v) is 9.28. The van der Waals surface area contributed by atoms with Gasteiger partial charge in [-0.05, 0) is 110 Å². The molecule has 28 heteroatoms. The van der Waals surface area contributed by atoms with Crippen LogP contribution in [0.2, 0.25) is 0 Å². The predicted octanol–water partition coefficient (Wildman–Crippen LogP) is -3.60. The predicted molar refractivity (Wildman–Crippen MR) is 317 cm³/mol. The molecule has 0 spiro atoms. The lowest BCUT2D eigenvalue weighted by Gasteiger charge is -2.28. The molecular formula is C58H97N13O15. The minimum atomic E-state index is -1.64. The average molecular weight is 1220 g/mol. The van der Waals surface area contributed by atoms with Crippen LogP contribution in [0.3, 0.4) is 0 Å². The highest BCUT2D eigenvalue weighted by molar-refractivity contribution is 5.99. The number of nitrogens with two attached hydrogens (primary N) is 5. The van der Waals surface area contributed by atoms with Gasteiger partial charge in [-0.1, -0.05) is 51.1 Å². The molecular weight excluding hydrogens is 1120 g/mol. The van der Waals surface area contributed by atoms with Crippen molar-refractivity contribution < 1.29 is 72.5 Å². The number of Topliss-reactive ketones (excluding diaryl/α,β-unsaturated/α-hetero) is 3. The summed E-state index contributed by atoms with van der Waals surface area (Å²) >= 11 is 0. The van der Waals surface area contributed by atoms with E-state index in [2.05, 4.69) is 42.5 Å². The maximum Gasteiger partial charge on any atom is 0.311 e. The molecule has 484 valence electrons. The maximum atomic E-state index is 14.6. The number of aliphatic hydroxyl groups excluding tert-OH is 2. The topological polar surface area (TPSA) is 481 Å². The molecule has 1 aromatic carbocycles. The van der Waals surface area contributed by atoms with Crippen LogP contribution in [0.1, 0.15) is 125 Å². The second-order valence-electron chi connectivity index (χ2n) is 23.0. The largest absolute Gasteiger partial charge is 0.465 e. The molecule has 1 aliphatic rings. The average Bonchev–Trinajstić information content (AvgIpc) is 3.67. The number of carbonyl (C=O) groups is 12. The summed E-state index contributed by atoms with van der Waals surface area (Å²) in [7, 11) is 0. The second-order valence-corrected chi connectivity index (χ2v) is 23.0. The normalized spacial score (nSPS) is 22.7.